The minimum absolute atomic E-state index is 0.204. The first kappa shape index (κ1) is 13.8. The van der Waals surface area contributed by atoms with Crippen molar-refractivity contribution < 1.29 is 9.84 Å². The third kappa shape index (κ3) is 4.73. The van der Waals surface area contributed by atoms with Crippen molar-refractivity contribution in [3.05, 3.63) is 23.8 Å². The van der Waals surface area contributed by atoms with Crippen LogP contribution in [0.25, 0.3) is 0 Å². The molecule has 1 aromatic rings. The van der Waals surface area contributed by atoms with E-state index in [1.807, 2.05) is 26.0 Å². The lowest BCUT2D eigenvalue weighted by Crippen LogP contribution is -1.94. The first-order valence-corrected chi connectivity index (χ1v) is 5.49. The van der Waals surface area contributed by atoms with Gasteiger partial charge in [0.05, 0.1) is 7.11 Å². The molecule has 86 valence electrons. The average molecular weight is 210 g/mol. The van der Waals surface area contributed by atoms with Gasteiger partial charge in [-0.2, -0.15) is 0 Å². The van der Waals surface area contributed by atoms with Gasteiger partial charge in [0.2, 0.25) is 0 Å². The molecule has 0 aliphatic rings. The van der Waals surface area contributed by atoms with Crippen molar-refractivity contribution in [2.75, 3.05) is 7.11 Å². The van der Waals surface area contributed by atoms with E-state index in [0.29, 0.717) is 11.7 Å². The number of ether oxygens (including phenoxy) is 1. The van der Waals surface area contributed by atoms with E-state index in [1.54, 1.807) is 13.2 Å². The van der Waals surface area contributed by atoms with Crippen molar-refractivity contribution in [1.29, 1.82) is 0 Å². The zero-order valence-corrected chi connectivity index (χ0v) is 10.4. The molecule has 1 rings (SSSR count). The maximum absolute atomic E-state index is 9.34. The summed E-state index contributed by atoms with van der Waals surface area (Å²) in [6.07, 6.45) is 1.01. The van der Waals surface area contributed by atoms with Crippen molar-refractivity contribution in [3.8, 4) is 11.5 Å². The van der Waals surface area contributed by atoms with Crippen LogP contribution in [0.1, 0.15) is 33.3 Å². The monoisotopic (exact) mass is 210 g/mol. The second-order valence-electron chi connectivity index (χ2n) is 3.60. The van der Waals surface area contributed by atoms with E-state index < -0.39 is 0 Å². The van der Waals surface area contributed by atoms with Crippen LogP contribution in [0.2, 0.25) is 0 Å². The highest BCUT2D eigenvalue weighted by Gasteiger charge is 2.03. The van der Waals surface area contributed by atoms with Gasteiger partial charge in [0.1, 0.15) is 0 Å². The minimum atomic E-state index is 0.204. The van der Waals surface area contributed by atoms with Gasteiger partial charge in [-0.05, 0) is 30.0 Å². The molecule has 0 heterocycles. The number of hydrogen-bond donors (Lipinski definition) is 1. The van der Waals surface area contributed by atoms with Crippen LogP contribution in [0.4, 0.5) is 0 Å². The van der Waals surface area contributed by atoms with Crippen molar-refractivity contribution >= 4 is 0 Å². The van der Waals surface area contributed by atoms with Crippen LogP contribution in [0.5, 0.6) is 11.5 Å². The topological polar surface area (TPSA) is 29.5 Å². The minimum Gasteiger partial charge on any atom is -0.504 e. The lowest BCUT2D eigenvalue weighted by molar-refractivity contribution is 0.372. The molecule has 0 saturated carbocycles. The molecule has 15 heavy (non-hydrogen) atoms. The van der Waals surface area contributed by atoms with Crippen molar-refractivity contribution in [1.82, 2.24) is 0 Å². The van der Waals surface area contributed by atoms with Gasteiger partial charge in [-0.3, -0.25) is 0 Å². The van der Waals surface area contributed by atoms with E-state index in [4.69, 9.17) is 4.74 Å². The van der Waals surface area contributed by atoms with E-state index in [9.17, 15) is 5.11 Å². The molecule has 2 heteroatoms. The molecule has 0 unspecified atom stereocenters. The predicted octanol–water partition coefficient (Wildman–Crippen LogP) is 3.63. The Morgan fingerprint density at radius 1 is 1.27 bits per heavy atom. The van der Waals surface area contributed by atoms with Crippen LogP contribution < -0.4 is 4.74 Å². The fraction of sp³-hybridized carbons (Fsp3) is 0.538. The summed E-state index contributed by atoms with van der Waals surface area (Å²) in [6, 6.07) is 5.49. The molecular formula is C13H22O2. The molecule has 0 radical (unpaired) electrons. The molecule has 1 aromatic carbocycles. The summed E-state index contributed by atoms with van der Waals surface area (Å²) >= 11 is 0. The highest BCUT2D eigenvalue weighted by atomic mass is 16.5. The highest BCUT2D eigenvalue weighted by Crippen LogP contribution is 2.27. The number of methoxy groups -OCH3 is 1. The SMILES string of the molecule is CC.COc1cc(CC(C)C)ccc1O. The molecule has 0 aromatic heterocycles. The normalized spacial score (nSPS) is 9.47. The summed E-state index contributed by atoms with van der Waals surface area (Å²) in [5.41, 5.74) is 1.20. The largest absolute Gasteiger partial charge is 0.504 e. The maximum Gasteiger partial charge on any atom is 0.160 e. The van der Waals surface area contributed by atoms with Crippen molar-refractivity contribution in [2.45, 2.75) is 34.1 Å². The van der Waals surface area contributed by atoms with Crippen LogP contribution >= 0.6 is 0 Å². The standard InChI is InChI=1S/C11H16O2.C2H6/c1-8(2)6-9-4-5-10(12)11(7-9)13-3;1-2/h4-5,7-8,12H,6H2,1-3H3;1-2H3. The first-order valence-electron chi connectivity index (χ1n) is 5.49. The average Bonchev–Trinajstić information content (AvgIpc) is 2.23. The summed E-state index contributed by atoms with van der Waals surface area (Å²) in [5.74, 6) is 1.38. The van der Waals surface area contributed by atoms with Gasteiger partial charge in [0, 0.05) is 0 Å². The third-order valence-electron chi connectivity index (χ3n) is 1.89. The van der Waals surface area contributed by atoms with E-state index in [-0.39, 0.29) is 5.75 Å². The number of benzene rings is 1. The molecule has 1 N–H and O–H groups in total. The van der Waals surface area contributed by atoms with Crippen LogP contribution in [0.15, 0.2) is 18.2 Å². The Kier molecular flexibility index (Phi) is 6.59. The molecule has 0 spiro atoms. The zero-order chi connectivity index (χ0) is 11.8. The van der Waals surface area contributed by atoms with E-state index in [0.717, 1.165) is 6.42 Å². The third-order valence-corrected chi connectivity index (χ3v) is 1.89. The summed E-state index contributed by atoms with van der Waals surface area (Å²) < 4.78 is 5.02. The summed E-state index contributed by atoms with van der Waals surface area (Å²) in [4.78, 5) is 0. The van der Waals surface area contributed by atoms with E-state index in [2.05, 4.69) is 13.8 Å². The van der Waals surface area contributed by atoms with Gasteiger partial charge >= 0.3 is 0 Å². The summed E-state index contributed by atoms with van der Waals surface area (Å²) in [7, 11) is 1.56. The zero-order valence-electron chi connectivity index (χ0n) is 10.4. The number of rotatable bonds is 3. The summed E-state index contributed by atoms with van der Waals surface area (Å²) in [6.45, 7) is 8.33. The van der Waals surface area contributed by atoms with Crippen molar-refractivity contribution in [2.24, 2.45) is 5.92 Å². The number of phenolic OH excluding ortho intramolecular Hbond substituents is 1. The molecule has 0 aliphatic carbocycles. The van der Waals surface area contributed by atoms with Crippen LogP contribution in [-0.2, 0) is 6.42 Å². The Balaban J connectivity index is 0.000000921. The molecular weight excluding hydrogens is 188 g/mol. The van der Waals surface area contributed by atoms with Gasteiger partial charge in [0.25, 0.3) is 0 Å². The number of hydrogen-bond acceptors (Lipinski definition) is 2. The maximum atomic E-state index is 9.34. The highest BCUT2D eigenvalue weighted by molar-refractivity contribution is 5.41. The molecule has 0 amide bonds. The molecule has 0 fully saturated rings. The van der Waals surface area contributed by atoms with Crippen molar-refractivity contribution in [3.63, 3.8) is 0 Å². The lowest BCUT2D eigenvalue weighted by Gasteiger charge is -2.08. The molecule has 0 bridgehead atoms. The molecule has 0 atom stereocenters. The van der Waals surface area contributed by atoms with Gasteiger partial charge in [0.15, 0.2) is 11.5 Å². The van der Waals surface area contributed by atoms with Gasteiger partial charge < -0.3 is 9.84 Å². The van der Waals surface area contributed by atoms with Crippen LogP contribution in [0, 0.1) is 5.92 Å². The number of phenols is 1. The molecule has 0 saturated heterocycles. The Morgan fingerprint density at radius 2 is 1.87 bits per heavy atom. The second kappa shape index (κ2) is 7.16. The number of aromatic hydroxyl groups is 1. The van der Waals surface area contributed by atoms with Crippen LogP contribution in [0.3, 0.4) is 0 Å². The first-order chi connectivity index (χ1) is 7.13. The quantitative estimate of drug-likeness (QED) is 0.825. The van der Waals surface area contributed by atoms with Gasteiger partial charge in [-0.15, -0.1) is 0 Å². The Morgan fingerprint density at radius 3 is 2.33 bits per heavy atom. The Hall–Kier alpha value is -1.18. The Labute approximate surface area is 92.9 Å². The molecule has 2 nitrogen and oxygen atoms in total. The van der Waals surface area contributed by atoms with E-state index >= 15 is 0 Å². The van der Waals surface area contributed by atoms with Crippen LogP contribution in [-0.4, -0.2) is 12.2 Å². The summed E-state index contributed by atoms with van der Waals surface area (Å²) in [5, 5.41) is 9.34. The smallest absolute Gasteiger partial charge is 0.160 e. The molecule has 0 aliphatic heterocycles. The Bertz CT molecular complexity index is 280. The lowest BCUT2D eigenvalue weighted by atomic mass is 10.0. The fourth-order valence-corrected chi connectivity index (χ4v) is 1.32. The second-order valence-corrected chi connectivity index (χ2v) is 3.60. The van der Waals surface area contributed by atoms with Gasteiger partial charge in [-0.1, -0.05) is 33.8 Å². The van der Waals surface area contributed by atoms with E-state index in [1.165, 1.54) is 5.56 Å². The fourth-order valence-electron chi connectivity index (χ4n) is 1.32. The predicted molar refractivity (Wildman–Crippen MR) is 64.5 cm³/mol. The van der Waals surface area contributed by atoms with Gasteiger partial charge in [-0.25, -0.2) is 0 Å².